The molecule has 0 aromatic heterocycles. The Balaban J connectivity index is -0.000000451. The van der Waals surface area contributed by atoms with Crippen LogP contribution >= 0.6 is 23.5 Å². The van der Waals surface area contributed by atoms with E-state index in [2.05, 4.69) is 9.47 Å². The Morgan fingerprint density at radius 2 is 0.897 bits per heavy atom. The maximum atomic E-state index is 10.8. The monoisotopic (exact) mass is 462 g/mol. The summed E-state index contributed by atoms with van der Waals surface area (Å²) in [5.74, 6) is -2.96. The SMILES string of the molecule is CC(=O)OC(=O)CCSCCC(=O)[O-].CC(=O)OC(=O)CCSCCC(=O)[O-].[Mg+2]. The van der Waals surface area contributed by atoms with Gasteiger partial charge in [-0.25, -0.2) is 0 Å². The zero-order valence-electron chi connectivity index (χ0n) is 16.3. The largest absolute Gasteiger partial charge is 2.00 e. The molecule has 0 saturated carbocycles. The van der Waals surface area contributed by atoms with Crippen molar-refractivity contribution in [3.63, 3.8) is 0 Å². The number of carbonyl (C=O) groups excluding carboxylic acids is 6. The van der Waals surface area contributed by atoms with E-state index in [0.29, 0.717) is 23.0 Å². The average Bonchev–Trinajstić information content (AvgIpc) is 2.52. The fraction of sp³-hybridized carbons (Fsp3) is 0.625. The van der Waals surface area contributed by atoms with Crippen molar-refractivity contribution < 1.29 is 48.5 Å². The molecule has 0 aliphatic heterocycles. The summed E-state index contributed by atoms with van der Waals surface area (Å²) in [6.45, 7) is 2.31. The number of hydrogen-bond acceptors (Lipinski definition) is 12. The molecule has 13 heteroatoms. The van der Waals surface area contributed by atoms with Gasteiger partial charge in [0.15, 0.2) is 0 Å². The Morgan fingerprint density at radius 1 is 0.621 bits per heavy atom. The van der Waals surface area contributed by atoms with Crippen molar-refractivity contribution in [1.29, 1.82) is 0 Å². The number of esters is 4. The van der Waals surface area contributed by atoms with Crippen molar-refractivity contribution in [3.05, 3.63) is 0 Å². The quantitative estimate of drug-likeness (QED) is 0.140. The smallest absolute Gasteiger partial charge is 0.550 e. The third-order valence-corrected chi connectivity index (χ3v) is 4.29. The van der Waals surface area contributed by atoms with Gasteiger partial charge in [-0.1, -0.05) is 0 Å². The Bertz CT molecular complexity index is 506. The molecule has 10 nitrogen and oxygen atoms in total. The molecule has 0 aliphatic carbocycles. The summed E-state index contributed by atoms with van der Waals surface area (Å²) in [6, 6.07) is 0. The summed E-state index contributed by atoms with van der Waals surface area (Å²) < 4.78 is 8.52. The van der Waals surface area contributed by atoms with E-state index < -0.39 is 35.8 Å². The predicted octanol–water partition coefficient (Wildman–Crippen LogP) is -1.70. The molecule has 0 fully saturated rings. The molecule has 0 aliphatic rings. The van der Waals surface area contributed by atoms with E-state index in [-0.39, 0.29) is 48.7 Å². The number of thioether (sulfide) groups is 2. The average molecular weight is 463 g/mol. The van der Waals surface area contributed by atoms with Gasteiger partial charge in [0.25, 0.3) is 0 Å². The van der Waals surface area contributed by atoms with E-state index in [0.717, 1.165) is 13.8 Å². The van der Waals surface area contributed by atoms with Gasteiger partial charge in [-0.05, 0) is 24.3 Å². The topological polar surface area (TPSA) is 167 Å². The third-order valence-electron chi connectivity index (χ3n) is 2.32. The van der Waals surface area contributed by atoms with Crippen LogP contribution in [-0.2, 0) is 38.2 Å². The number of aliphatic carboxylic acids is 2. The Labute approximate surface area is 193 Å². The van der Waals surface area contributed by atoms with Crippen LogP contribution in [0.15, 0.2) is 0 Å². The number of hydrogen-bond donors (Lipinski definition) is 0. The molecule has 0 heterocycles. The van der Waals surface area contributed by atoms with Crippen LogP contribution in [0.5, 0.6) is 0 Å². The van der Waals surface area contributed by atoms with E-state index >= 15 is 0 Å². The second-order valence-electron chi connectivity index (χ2n) is 4.90. The molecular formula is C16H22MgO10S2. The third kappa shape index (κ3) is 31.6. The van der Waals surface area contributed by atoms with Crippen molar-refractivity contribution >= 4 is 82.4 Å². The van der Waals surface area contributed by atoms with Crippen molar-refractivity contribution in [2.24, 2.45) is 0 Å². The molecule has 0 atom stereocenters. The number of carboxylic acids is 2. The van der Waals surface area contributed by atoms with E-state index in [1.54, 1.807) is 0 Å². The van der Waals surface area contributed by atoms with Crippen LogP contribution in [0.25, 0.3) is 0 Å². The van der Waals surface area contributed by atoms with Crippen molar-refractivity contribution in [2.45, 2.75) is 39.5 Å². The Morgan fingerprint density at radius 3 is 1.14 bits per heavy atom. The molecule has 0 amide bonds. The van der Waals surface area contributed by atoms with Gasteiger partial charge in [0, 0.05) is 37.3 Å². The van der Waals surface area contributed by atoms with Crippen LogP contribution < -0.4 is 10.2 Å². The van der Waals surface area contributed by atoms with E-state index in [4.69, 9.17) is 0 Å². The van der Waals surface area contributed by atoms with Crippen LogP contribution in [0.2, 0.25) is 0 Å². The predicted molar refractivity (Wildman–Crippen MR) is 102 cm³/mol. The fourth-order valence-electron chi connectivity index (χ4n) is 1.25. The minimum Gasteiger partial charge on any atom is -0.550 e. The summed E-state index contributed by atoms with van der Waals surface area (Å²) in [7, 11) is 0. The molecule has 0 spiro atoms. The van der Waals surface area contributed by atoms with E-state index in [1.807, 2.05) is 0 Å². The first-order chi connectivity index (χ1) is 13.0. The number of rotatable bonds is 12. The van der Waals surface area contributed by atoms with E-state index in [1.165, 1.54) is 23.5 Å². The summed E-state index contributed by atoms with van der Waals surface area (Å²) in [5.41, 5.74) is 0. The minimum atomic E-state index is -1.11. The molecule has 0 rings (SSSR count). The molecule has 29 heavy (non-hydrogen) atoms. The Hall–Kier alpha value is -1.31. The van der Waals surface area contributed by atoms with Gasteiger partial charge in [-0.2, -0.15) is 23.5 Å². The maximum absolute atomic E-state index is 10.8. The first-order valence-corrected chi connectivity index (χ1v) is 10.3. The summed E-state index contributed by atoms with van der Waals surface area (Å²) >= 11 is 2.61. The fourth-order valence-corrected chi connectivity index (χ4v) is 2.90. The Kier molecular flexibility index (Phi) is 23.9. The maximum Gasteiger partial charge on any atom is 2.00 e. The van der Waals surface area contributed by atoms with Crippen LogP contribution in [0, 0.1) is 0 Å². The van der Waals surface area contributed by atoms with Crippen LogP contribution in [0.1, 0.15) is 39.5 Å². The van der Waals surface area contributed by atoms with E-state index in [9.17, 15) is 39.0 Å². The molecule has 160 valence electrons. The number of carbonyl (C=O) groups is 6. The summed E-state index contributed by atoms with van der Waals surface area (Å²) in [6.07, 6.45) is 0.146. The van der Waals surface area contributed by atoms with Crippen LogP contribution in [-0.4, -0.2) is 81.9 Å². The normalized spacial score (nSPS) is 9.17. The van der Waals surface area contributed by atoms with Gasteiger partial charge in [0.2, 0.25) is 0 Å². The minimum absolute atomic E-state index is 0. The molecule has 0 bridgehead atoms. The van der Waals surface area contributed by atoms with Gasteiger partial charge in [-0.15, -0.1) is 0 Å². The van der Waals surface area contributed by atoms with Gasteiger partial charge in [0.05, 0.1) is 12.8 Å². The second kappa shape index (κ2) is 21.4. The molecule has 0 saturated heterocycles. The standard InChI is InChI=1S/2C8H12O5S.Mg/c2*1-6(9)13-8(12)3-5-14-4-2-7(10)11;/h2*2-5H2,1H3,(H,10,11);/q;;+2/p-2. The second-order valence-corrected chi connectivity index (χ2v) is 7.35. The number of ether oxygens (including phenoxy) is 2. The van der Waals surface area contributed by atoms with Gasteiger partial charge < -0.3 is 29.3 Å². The first kappa shape index (κ1) is 32.4. The van der Waals surface area contributed by atoms with Crippen LogP contribution in [0.4, 0.5) is 0 Å². The zero-order chi connectivity index (χ0) is 21.9. The summed E-state index contributed by atoms with van der Waals surface area (Å²) in [5, 5.41) is 20.0. The molecule has 0 aromatic carbocycles. The molecule has 0 radical (unpaired) electrons. The van der Waals surface area contributed by atoms with Gasteiger partial charge in [0.1, 0.15) is 0 Å². The van der Waals surface area contributed by atoms with Gasteiger partial charge >= 0.3 is 46.9 Å². The molecular weight excluding hydrogens is 441 g/mol. The van der Waals surface area contributed by atoms with Gasteiger partial charge in [-0.3, -0.25) is 19.2 Å². The zero-order valence-corrected chi connectivity index (χ0v) is 19.3. The number of carboxylic acid groups (broad SMARTS) is 2. The van der Waals surface area contributed by atoms with Crippen molar-refractivity contribution in [2.75, 3.05) is 23.0 Å². The van der Waals surface area contributed by atoms with Crippen LogP contribution in [0.3, 0.4) is 0 Å². The van der Waals surface area contributed by atoms with Crippen molar-refractivity contribution in [1.82, 2.24) is 0 Å². The summed E-state index contributed by atoms with van der Waals surface area (Å²) in [4.78, 5) is 62.1. The van der Waals surface area contributed by atoms with Crippen molar-refractivity contribution in [3.8, 4) is 0 Å². The molecule has 0 unspecified atom stereocenters. The first-order valence-electron chi connectivity index (χ1n) is 8.02. The molecule has 0 aromatic rings. The molecule has 0 N–H and O–H groups in total.